The molecule has 1 atom stereocenters. The third kappa shape index (κ3) is 6.28. The monoisotopic (exact) mass is 337 g/mol. The summed E-state index contributed by atoms with van der Waals surface area (Å²) in [5.41, 5.74) is 0.470. The number of carbonyl (C=O) groups is 3. The molecule has 0 aliphatic carbocycles. The molecule has 1 rings (SSSR count). The van der Waals surface area contributed by atoms with Crippen molar-refractivity contribution >= 4 is 18.0 Å². The summed E-state index contributed by atoms with van der Waals surface area (Å²) >= 11 is 0. The van der Waals surface area contributed by atoms with Gasteiger partial charge in [-0.1, -0.05) is 12.1 Å². The van der Waals surface area contributed by atoms with Crippen molar-refractivity contribution < 1.29 is 28.6 Å². The number of carbonyl (C=O) groups excluding carboxylic acids is 3. The van der Waals surface area contributed by atoms with Crippen molar-refractivity contribution in [2.24, 2.45) is 0 Å². The first-order valence-electron chi connectivity index (χ1n) is 7.41. The Morgan fingerprint density at radius 2 is 1.62 bits per heavy atom. The van der Waals surface area contributed by atoms with Gasteiger partial charge in [-0.25, -0.2) is 14.4 Å². The van der Waals surface area contributed by atoms with Crippen LogP contribution in [-0.4, -0.2) is 43.9 Å². The van der Waals surface area contributed by atoms with Crippen LogP contribution in [0, 0.1) is 0 Å². The topological polar surface area (TPSA) is 90.9 Å². The van der Waals surface area contributed by atoms with Crippen LogP contribution in [0.5, 0.6) is 0 Å². The molecule has 24 heavy (non-hydrogen) atoms. The predicted molar refractivity (Wildman–Crippen MR) is 86.7 cm³/mol. The Balaban J connectivity index is 2.81. The number of nitrogens with one attached hydrogen (secondary N) is 1. The predicted octanol–water partition coefficient (Wildman–Crippen LogP) is 2.08. The largest absolute Gasteiger partial charge is 0.467 e. The minimum Gasteiger partial charge on any atom is -0.467 e. The molecule has 0 bridgehead atoms. The fraction of sp³-hybridized carbons (Fsp3) is 0.471. The Morgan fingerprint density at radius 3 is 2.08 bits per heavy atom. The number of methoxy groups -OCH3 is 2. The lowest BCUT2D eigenvalue weighted by atomic mass is 10.0. The maximum Gasteiger partial charge on any atom is 0.408 e. The SMILES string of the molecule is COC(=O)c1ccc(C[C@@H](NC(=O)OC(C)(C)C)C(=O)OC)cc1. The van der Waals surface area contributed by atoms with Gasteiger partial charge in [-0.3, -0.25) is 0 Å². The number of alkyl carbamates (subject to hydrolysis) is 1. The average molecular weight is 337 g/mol. The third-order valence-electron chi connectivity index (χ3n) is 2.99. The van der Waals surface area contributed by atoms with Gasteiger partial charge in [0, 0.05) is 6.42 Å². The standard InChI is InChI=1S/C17H23NO6/c1-17(2,3)24-16(21)18-13(15(20)23-5)10-11-6-8-12(9-7-11)14(19)22-4/h6-9,13H,10H2,1-5H3,(H,18,21)/t13-/m1/s1. The van der Waals surface area contributed by atoms with Crippen LogP contribution in [-0.2, 0) is 25.4 Å². The Hall–Kier alpha value is -2.57. The van der Waals surface area contributed by atoms with Gasteiger partial charge in [0.15, 0.2) is 0 Å². The lowest BCUT2D eigenvalue weighted by Crippen LogP contribution is -2.45. The summed E-state index contributed by atoms with van der Waals surface area (Å²) in [6.45, 7) is 5.18. The molecule has 0 unspecified atom stereocenters. The summed E-state index contributed by atoms with van der Waals surface area (Å²) in [7, 11) is 2.54. The van der Waals surface area contributed by atoms with Crippen molar-refractivity contribution in [2.75, 3.05) is 14.2 Å². The van der Waals surface area contributed by atoms with Gasteiger partial charge in [-0.15, -0.1) is 0 Å². The molecule has 1 N–H and O–H groups in total. The molecule has 0 aromatic heterocycles. The van der Waals surface area contributed by atoms with E-state index in [9.17, 15) is 14.4 Å². The molecule has 7 nitrogen and oxygen atoms in total. The van der Waals surface area contributed by atoms with Crippen LogP contribution >= 0.6 is 0 Å². The molecule has 132 valence electrons. The first-order chi connectivity index (χ1) is 11.2. The van der Waals surface area contributed by atoms with E-state index in [4.69, 9.17) is 9.47 Å². The van der Waals surface area contributed by atoms with Crippen LogP contribution in [0.25, 0.3) is 0 Å². The number of ether oxygens (including phenoxy) is 3. The van der Waals surface area contributed by atoms with Gasteiger partial charge in [0.2, 0.25) is 0 Å². The van der Waals surface area contributed by atoms with E-state index in [1.807, 2.05) is 0 Å². The molecule has 1 aromatic carbocycles. The van der Waals surface area contributed by atoms with E-state index in [1.54, 1.807) is 45.0 Å². The van der Waals surface area contributed by atoms with Gasteiger partial charge < -0.3 is 19.5 Å². The minimum absolute atomic E-state index is 0.202. The van der Waals surface area contributed by atoms with E-state index in [1.165, 1.54) is 14.2 Å². The maximum absolute atomic E-state index is 11.9. The fourth-order valence-electron chi connectivity index (χ4n) is 1.92. The summed E-state index contributed by atoms with van der Waals surface area (Å²) in [6, 6.07) is 5.64. The summed E-state index contributed by atoms with van der Waals surface area (Å²) in [6.07, 6.45) is -0.503. The van der Waals surface area contributed by atoms with E-state index >= 15 is 0 Å². The van der Waals surface area contributed by atoms with Crippen molar-refractivity contribution in [3.63, 3.8) is 0 Å². The lowest BCUT2D eigenvalue weighted by molar-refractivity contribution is -0.143. The zero-order chi connectivity index (χ0) is 18.3. The Bertz CT molecular complexity index is 588. The van der Waals surface area contributed by atoms with Crippen LogP contribution in [0.4, 0.5) is 4.79 Å². The van der Waals surface area contributed by atoms with Crippen LogP contribution in [0.15, 0.2) is 24.3 Å². The second-order valence-electron chi connectivity index (χ2n) is 6.11. The van der Waals surface area contributed by atoms with Crippen molar-refractivity contribution in [1.82, 2.24) is 5.32 Å². The van der Waals surface area contributed by atoms with E-state index in [0.29, 0.717) is 5.56 Å². The molecule has 0 aliphatic rings. The Labute approximate surface area is 141 Å². The Morgan fingerprint density at radius 1 is 1.04 bits per heavy atom. The summed E-state index contributed by atoms with van der Waals surface area (Å²) in [4.78, 5) is 35.1. The molecule has 0 heterocycles. The summed E-state index contributed by atoms with van der Waals surface area (Å²) in [5, 5.41) is 2.49. The molecule has 1 aromatic rings. The molecule has 1 amide bonds. The zero-order valence-electron chi connectivity index (χ0n) is 14.5. The lowest BCUT2D eigenvalue weighted by Gasteiger charge is -2.22. The summed E-state index contributed by atoms with van der Waals surface area (Å²) in [5.74, 6) is -1.03. The quantitative estimate of drug-likeness (QED) is 0.653. The minimum atomic E-state index is -0.895. The van der Waals surface area contributed by atoms with Crippen LogP contribution in [0.2, 0.25) is 0 Å². The van der Waals surface area contributed by atoms with E-state index in [2.05, 4.69) is 10.1 Å². The number of amides is 1. The molecule has 0 saturated heterocycles. The van der Waals surface area contributed by atoms with Crippen molar-refractivity contribution in [3.05, 3.63) is 35.4 Å². The molecular weight excluding hydrogens is 314 g/mol. The van der Waals surface area contributed by atoms with Crippen molar-refractivity contribution in [1.29, 1.82) is 0 Å². The second-order valence-corrected chi connectivity index (χ2v) is 6.11. The molecule has 0 fully saturated rings. The second kappa shape index (κ2) is 8.33. The highest BCUT2D eigenvalue weighted by atomic mass is 16.6. The first-order valence-corrected chi connectivity index (χ1v) is 7.41. The number of esters is 2. The molecule has 0 saturated carbocycles. The van der Waals surface area contributed by atoms with Gasteiger partial charge in [0.05, 0.1) is 19.8 Å². The van der Waals surface area contributed by atoms with E-state index in [-0.39, 0.29) is 6.42 Å². The molecule has 0 aliphatic heterocycles. The van der Waals surface area contributed by atoms with Crippen molar-refractivity contribution in [3.8, 4) is 0 Å². The van der Waals surface area contributed by atoms with Gasteiger partial charge in [-0.2, -0.15) is 0 Å². The number of rotatable bonds is 5. The highest BCUT2D eigenvalue weighted by molar-refractivity contribution is 5.89. The van der Waals surface area contributed by atoms with Gasteiger partial charge >= 0.3 is 18.0 Å². The van der Waals surface area contributed by atoms with Gasteiger partial charge in [0.1, 0.15) is 11.6 Å². The Kier molecular flexibility index (Phi) is 6.76. The van der Waals surface area contributed by atoms with Gasteiger partial charge in [-0.05, 0) is 38.5 Å². The van der Waals surface area contributed by atoms with Crippen molar-refractivity contribution in [2.45, 2.75) is 38.8 Å². The van der Waals surface area contributed by atoms with E-state index in [0.717, 1.165) is 5.56 Å². The zero-order valence-corrected chi connectivity index (χ0v) is 14.5. The highest BCUT2D eigenvalue weighted by Gasteiger charge is 2.25. The maximum atomic E-state index is 11.9. The van der Waals surface area contributed by atoms with E-state index < -0.39 is 29.7 Å². The third-order valence-corrected chi connectivity index (χ3v) is 2.99. The highest BCUT2D eigenvalue weighted by Crippen LogP contribution is 2.11. The van der Waals surface area contributed by atoms with Gasteiger partial charge in [0.25, 0.3) is 0 Å². The molecular formula is C17H23NO6. The summed E-state index contributed by atoms with van der Waals surface area (Å²) < 4.78 is 14.5. The first kappa shape index (κ1) is 19.5. The molecule has 0 spiro atoms. The smallest absolute Gasteiger partial charge is 0.408 e. The fourth-order valence-corrected chi connectivity index (χ4v) is 1.92. The van der Waals surface area contributed by atoms with Crippen LogP contribution in [0.3, 0.4) is 0 Å². The molecule has 0 radical (unpaired) electrons. The normalized spacial score (nSPS) is 12.0. The number of hydrogen-bond acceptors (Lipinski definition) is 6. The van der Waals surface area contributed by atoms with Crippen LogP contribution < -0.4 is 5.32 Å². The number of benzene rings is 1. The average Bonchev–Trinajstić information content (AvgIpc) is 2.51. The molecule has 7 heteroatoms. The van der Waals surface area contributed by atoms with Crippen LogP contribution in [0.1, 0.15) is 36.7 Å². The number of hydrogen-bond donors (Lipinski definition) is 1.